The van der Waals surface area contributed by atoms with Crippen LogP contribution in [0.1, 0.15) is 26.0 Å². The van der Waals surface area contributed by atoms with Gasteiger partial charge in [-0.05, 0) is 24.4 Å². The van der Waals surface area contributed by atoms with Crippen LogP contribution in [-0.4, -0.2) is 23.6 Å². The Balaban J connectivity index is 2.94. The zero-order valence-electron chi connectivity index (χ0n) is 10.3. The lowest BCUT2D eigenvalue weighted by Gasteiger charge is -2.23. The Hall–Kier alpha value is -1.03. The molecule has 0 saturated heterocycles. The number of aryl methyl sites for hydroxylation is 1. The number of nitrogens with two attached hydrogens (primary N) is 1. The molecular weight excluding hydrogens is 224 g/mol. The van der Waals surface area contributed by atoms with Crippen molar-refractivity contribution >= 4 is 23.1 Å². The number of hydrogen-bond donors (Lipinski definition) is 1. The molecule has 90 valence electrons. The maximum atomic E-state index is 5.94. The van der Waals surface area contributed by atoms with Crippen molar-refractivity contribution in [2.75, 3.05) is 24.2 Å². The molecule has 0 fully saturated rings. The summed E-state index contributed by atoms with van der Waals surface area (Å²) >= 11 is 5.83. The summed E-state index contributed by atoms with van der Waals surface area (Å²) in [5.74, 6) is 1.32. The Morgan fingerprint density at radius 3 is 2.62 bits per heavy atom. The van der Waals surface area contributed by atoms with Crippen LogP contribution in [0.15, 0.2) is 0 Å². The third kappa shape index (κ3) is 2.98. The molecule has 0 aliphatic rings. The lowest BCUT2D eigenvalue weighted by atomic mass is 10.1. The van der Waals surface area contributed by atoms with E-state index in [-0.39, 0.29) is 5.28 Å². The number of aromatic nitrogens is 2. The fraction of sp³-hybridized carbons (Fsp3) is 0.636. The predicted molar refractivity (Wildman–Crippen MR) is 68.9 cm³/mol. The second kappa shape index (κ2) is 5.34. The summed E-state index contributed by atoms with van der Waals surface area (Å²) in [6, 6.07) is 0. The smallest absolute Gasteiger partial charge is 0.224 e. The Morgan fingerprint density at radius 2 is 2.06 bits per heavy atom. The van der Waals surface area contributed by atoms with Gasteiger partial charge in [-0.3, -0.25) is 0 Å². The van der Waals surface area contributed by atoms with Crippen LogP contribution in [0.2, 0.25) is 5.28 Å². The minimum atomic E-state index is 0.248. The summed E-state index contributed by atoms with van der Waals surface area (Å²) in [6.07, 6.45) is 1.13. The second-order valence-electron chi connectivity index (χ2n) is 4.21. The summed E-state index contributed by atoms with van der Waals surface area (Å²) in [5, 5.41) is 0.248. The van der Waals surface area contributed by atoms with Gasteiger partial charge in [0.05, 0.1) is 11.4 Å². The Labute approximate surface area is 102 Å². The highest BCUT2D eigenvalue weighted by Gasteiger charge is 2.13. The van der Waals surface area contributed by atoms with Gasteiger partial charge in [0.1, 0.15) is 0 Å². The fourth-order valence-corrected chi connectivity index (χ4v) is 1.71. The minimum Gasteiger partial charge on any atom is -0.394 e. The normalized spacial score (nSPS) is 12.6. The van der Waals surface area contributed by atoms with E-state index in [2.05, 4.69) is 23.8 Å². The van der Waals surface area contributed by atoms with Gasteiger partial charge in [-0.2, -0.15) is 4.98 Å². The average molecular weight is 243 g/mol. The van der Waals surface area contributed by atoms with E-state index in [1.54, 1.807) is 0 Å². The quantitative estimate of drug-likeness (QED) is 0.825. The van der Waals surface area contributed by atoms with Crippen molar-refractivity contribution in [3.05, 3.63) is 11.0 Å². The summed E-state index contributed by atoms with van der Waals surface area (Å²) in [5.41, 5.74) is 7.28. The van der Waals surface area contributed by atoms with Crippen LogP contribution < -0.4 is 10.6 Å². The Morgan fingerprint density at radius 1 is 1.44 bits per heavy atom. The number of hydrogen-bond acceptors (Lipinski definition) is 4. The predicted octanol–water partition coefficient (Wildman–Crippen LogP) is 2.50. The van der Waals surface area contributed by atoms with Crippen molar-refractivity contribution < 1.29 is 0 Å². The van der Waals surface area contributed by atoms with Gasteiger partial charge >= 0.3 is 0 Å². The van der Waals surface area contributed by atoms with E-state index in [1.165, 1.54) is 0 Å². The van der Waals surface area contributed by atoms with Crippen LogP contribution in [0, 0.1) is 12.8 Å². The number of anilines is 2. The molecule has 0 saturated carbocycles. The monoisotopic (exact) mass is 242 g/mol. The van der Waals surface area contributed by atoms with Gasteiger partial charge in [0.15, 0.2) is 5.82 Å². The van der Waals surface area contributed by atoms with Crippen molar-refractivity contribution in [3.8, 4) is 0 Å². The third-order valence-corrected chi connectivity index (χ3v) is 2.90. The Kier molecular flexibility index (Phi) is 4.35. The van der Waals surface area contributed by atoms with Crippen LogP contribution >= 0.6 is 11.6 Å². The first-order valence-corrected chi connectivity index (χ1v) is 5.84. The molecule has 4 nitrogen and oxygen atoms in total. The lowest BCUT2D eigenvalue weighted by molar-refractivity contribution is 0.558. The van der Waals surface area contributed by atoms with E-state index < -0.39 is 0 Å². The number of nitrogens with zero attached hydrogens (tertiary/aromatic N) is 3. The Bertz CT molecular complexity index is 367. The topological polar surface area (TPSA) is 55.0 Å². The standard InChI is InChI=1S/C11H19ClN4/c1-5-7(2)6-16(4)10-9(13)8(3)14-11(12)15-10/h7H,5-6,13H2,1-4H3. The zero-order valence-corrected chi connectivity index (χ0v) is 11.0. The molecule has 0 aliphatic carbocycles. The van der Waals surface area contributed by atoms with Crippen molar-refractivity contribution in [1.29, 1.82) is 0 Å². The fourth-order valence-electron chi connectivity index (χ4n) is 1.51. The third-order valence-electron chi connectivity index (χ3n) is 2.73. The van der Waals surface area contributed by atoms with Crippen LogP contribution in [-0.2, 0) is 0 Å². The highest BCUT2D eigenvalue weighted by molar-refractivity contribution is 6.28. The number of halogens is 1. The molecule has 16 heavy (non-hydrogen) atoms. The zero-order chi connectivity index (χ0) is 12.3. The SMILES string of the molecule is CCC(C)CN(C)c1nc(Cl)nc(C)c1N. The van der Waals surface area contributed by atoms with E-state index in [1.807, 2.05) is 18.9 Å². The summed E-state index contributed by atoms with van der Waals surface area (Å²) < 4.78 is 0. The molecule has 0 aliphatic heterocycles. The molecule has 1 rings (SSSR count). The molecule has 1 unspecified atom stereocenters. The van der Waals surface area contributed by atoms with Crippen LogP contribution in [0.5, 0.6) is 0 Å². The van der Waals surface area contributed by atoms with Crippen molar-refractivity contribution in [3.63, 3.8) is 0 Å². The van der Waals surface area contributed by atoms with Gasteiger partial charge in [0.25, 0.3) is 0 Å². The molecule has 0 bridgehead atoms. The highest BCUT2D eigenvalue weighted by Crippen LogP contribution is 2.24. The van der Waals surface area contributed by atoms with Gasteiger partial charge in [0.2, 0.25) is 5.28 Å². The number of rotatable bonds is 4. The molecule has 5 heteroatoms. The van der Waals surface area contributed by atoms with E-state index in [0.29, 0.717) is 11.6 Å². The molecule has 2 N–H and O–H groups in total. The van der Waals surface area contributed by atoms with Crippen molar-refractivity contribution in [1.82, 2.24) is 9.97 Å². The van der Waals surface area contributed by atoms with E-state index in [9.17, 15) is 0 Å². The first-order chi connectivity index (χ1) is 7.45. The van der Waals surface area contributed by atoms with Crippen LogP contribution in [0.3, 0.4) is 0 Å². The second-order valence-corrected chi connectivity index (χ2v) is 4.55. The van der Waals surface area contributed by atoms with Gasteiger partial charge in [0, 0.05) is 13.6 Å². The molecule has 0 radical (unpaired) electrons. The summed E-state index contributed by atoms with van der Waals surface area (Å²) in [4.78, 5) is 10.2. The van der Waals surface area contributed by atoms with Gasteiger partial charge in [-0.15, -0.1) is 0 Å². The lowest BCUT2D eigenvalue weighted by Crippen LogP contribution is -2.26. The molecule has 1 aromatic heterocycles. The van der Waals surface area contributed by atoms with E-state index in [4.69, 9.17) is 17.3 Å². The molecule has 0 spiro atoms. The molecular formula is C11H19ClN4. The maximum Gasteiger partial charge on any atom is 0.224 e. The van der Waals surface area contributed by atoms with Crippen molar-refractivity contribution in [2.45, 2.75) is 27.2 Å². The summed E-state index contributed by atoms with van der Waals surface area (Å²) in [6.45, 7) is 7.11. The molecule has 0 aromatic carbocycles. The highest BCUT2D eigenvalue weighted by atomic mass is 35.5. The van der Waals surface area contributed by atoms with Crippen LogP contribution in [0.25, 0.3) is 0 Å². The van der Waals surface area contributed by atoms with Gasteiger partial charge in [-0.25, -0.2) is 4.98 Å². The van der Waals surface area contributed by atoms with Crippen molar-refractivity contribution in [2.24, 2.45) is 5.92 Å². The van der Waals surface area contributed by atoms with Crippen LogP contribution in [0.4, 0.5) is 11.5 Å². The van der Waals surface area contributed by atoms with E-state index >= 15 is 0 Å². The first kappa shape index (κ1) is 13.0. The van der Waals surface area contributed by atoms with Gasteiger partial charge in [-0.1, -0.05) is 20.3 Å². The first-order valence-electron chi connectivity index (χ1n) is 5.46. The average Bonchev–Trinajstić information content (AvgIpc) is 2.22. The van der Waals surface area contributed by atoms with Gasteiger partial charge < -0.3 is 10.6 Å². The molecule has 0 amide bonds. The number of nitrogen functional groups attached to an aromatic ring is 1. The minimum absolute atomic E-state index is 0.248. The maximum absolute atomic E-state index is 5.94. The summed E-state index contributed by atoms with van der Waals surface area (Å²) in [7, 11) is 1.97. The molecule has 1 atom stereocenters. The van der Waals surface area contributed by atoms with E-state index in [0.717, 1.165) is 24.5 Å². The molecule has 1 heterocycles. The molecule has 1 aromatic rings. The largest absolute Gasteiger partial charge is 0.394 e.